The molecular weight excluding hydrogens is 232 g/mol. The van der Waals surface area contributed by atoms with Crippen LogP contribution < -0.4 is 10.5 Å². The van der Waals surface area contributed by atoms with E-state index in [1.165, 1.54) is 24.6 Å². The first kappa shape index (κ1) is 13.9. The molecule has 0 saturated carbocycles. The zero-order chi connectivity index (χ0) is 12.5. The molecule has 0 aromatic heterocycles. The number of nitrogens with two attached hydrogens (primary N) is 1. The van der Waals surface area contributed by atoms with Gasteiger partial charge in [-0.25, -0.2) is 0 Å². The third-order valence-electron chi connectivity index (χ3n) is 2.33. The van der Waals surface area contributed by atoms with Gasteiger partial charge in [-0.1, -0.05) is 43.7 Å². The summed E-state index contributed by atoms with van der Waals surface area (Å²) in [5.74, 6) is 1.66. The largest absolute Gasteiger partial charge is 0.494 e. The average molecular weight is 252 g/mol. The van der Waals surface area contributed by atoms with E-state index >= 15 is 0 Å². The summed E-state index contributed by atoms with van der Waals surface area (Å²) in [7, 11) is 0. The Hall–Kier alpha value is -1.16. The third-order valence-corrected chi connectivity index (χ3v) is 3.12. The van der Waals surface area contributed by atoms with E-state index in [0.29, 0.717) is 0 Å². The quantitative estimate of drug-likeness (QED) is 0.444. The van der Waals surface area contributed by atoms with Gasteiger partial charge in [-0.05, 0) is 24.1 Å². The first-order valence-corrected chi connectivity index (χ1v) is 6.89. The van der Waals surface area contributed by atoms with E-state index in [9.17, 15) is 0 Å². The van der Waals surface area contributed by atoms with Gasteiger partial charge in [0.25, 0.3) is 0 Å². The Morgan fingerprint density at radius 3 is 2.59 bits per heavy atom. The van der Waals surface area contributed by atoms with E-state index in [-0.39, 0.29) is 5.17 Å². The Bertz CT molecular complexity index is 338. The van der Waals surface area contributed by atoms with Gasteiger partial charge in [-0.2, -0.15) is 0 Å². The number of rotatable bonds is 7. The summed E-state index contributed by atoms with van der Waals surface area (Å²) in [5.41, 5.74) is 6.44. The van der Waals surface area contributed by atoms with Crippen molar-refractivity contribution in [1.29, 1.82) is 5.41 Å². The van der Waals surface area contributed by atoms with Crippen LogP contribution in [0.2, 0.25) is 0 Å². The maximum Gasteiger partial charge on any atom is 0.151 e. The number of ether oxygens (including phenoxy) is 1. The summed E-state index contributed by atoms with van der Waals surface area (Å²) in [6, 6.07) is 7.99. The van der Waals surface area contributed by atoms with Crippen molar-refractivity contribution in [2.75, 3.05) is 6.61 Å². The molecule has 0 unspecified atom stereocenters. The minimum Gasteiger partial charge on any atom is -0.494 e. The smallest absolute Gasteiger partial charge is 0.151 e. The standard InChI is InChI=1S/C13H20N2OS/c1-2-3-4-9-16-12-7-5-11(6-8-12)10-17-13(14)15/h5-8H,2-4,9-10H2,1H3,(H3,14,15). The average Bonchev–Trinajstić information content (AvgIpc) is 2.33. The molecule has 0 saturated heterocycles. The van der Waals surface area contributed by atoms with E-state index in [4.69, 9.17) is 15.9 Å². The molecule has 0 spiro atoms. The Labute approximate surface area is 107 Å². The molecular formula is C13H20N2OS. The molecule has 0 amide bonds. The lowest BCUT2D eigenvalue weighted by Crippen LogP contribution is -2.03. The molecule has 0 aliphatic carbocycles. The highest BCUT2D eigenvalue weighted by atomic mass is 32.2. The summed E-state index contributed by atoms with van der Waals surface area (Å²) < 4.78 is 5.61. The van der Waals surface area contributed by atoms with Gasteiger partial charge in [0.15, 0.2) is 5.17 Å². The van der Waals surface area contributed by atoms with Gasteiger partial charge in [0.2, 0.25) is 0 Å². The molecule has 0 atom stereocenters. The number of benzene rings is 1. The highest BCUT2D eigenvalue weighted by molar-refractivity contribution is 8.13. The van der Waals surface area contributed by atoms with Crippen molar-refractivity contribution in [2.45, 2.75) is 31.9 Å². The molecule has 0 aliphatic heterocycles. The van der Waals surface area contributed by atoms with Crippen LogP contribution in [0, 0.1) is 5.41 Å². The molecule has 3 N–H and O–H groups in total. The van der Waals surface area contributed by atoms with Crippen molar-refractivity contribution < 1.29 is 4.74 Å². The van der Waals surface area contributed by atoms with E-state index < -0.39 is 0 Å². The van der Waals surface area contributed by atoms with Crippen LogP contribution in [-0.4, -0.2) is 11.8 Å². The highest BCUT2D eigenvalue weighted by Crippen LogP contribution is 2.16. The van der Waals surface area contributed by atoms with Crippen LogP contribution in [0.15, 0.2) is 24.3 Å². The molecule has 1 aromatic rings. The van der Waals surface area contributed by atoms with Crippen molar-refractivity contribution in [1.82, 2.24) is 0 Å². The maximum absolute atomic E-state index is 7.13. The fraction of sp³-hybridized carbons (Fsp3) is 0.462. The second kappa shape index (κ2) is 8.01. The fourth-order valence-corrected chi connectivity index (χ4v) is 1.90. The summed E-state index contributed by atoms with van der Waals surface area (Å²) in [4.78, 5) is 0. The molecule has 1 aromatic carbocycles. The Kier molecular flexibility index (Phi) is 6.55. The molecule has 0 radical (unpaired) electrons. The molecule has 94 valence electrons. The van der Waals surface area contributed by atoms with E-state index in [1.807, 2.05) is 24.3 Å². The predicted octanol–water partition coefficient (Wildman–Crippen LogP) is 3.38. The number of hydrogen-bond donors (Lipinski definition) is 2. The van der Waals surface area contributed by atoms with Gasteiger partial charge in [-0.15, -0.1) is 0 Å². The van der Waals surface area contributed by atoms with Crippen LogP contribution in [0.3, 0.4) is 0 Å². The lowest BCUT2D eigenvalue weighted by Gasteiger charge is -2.06. The SMILES string of the molecule is CCCCCOc1ccc(CSC(=N)N)cc1. The summed E-state index contributed by atoms with van der Waals surface area (Å²) >= 11 is 1.33. The summed E-state index contributed by atoms with van der Waals surface area (Å²) in [5, 5.41) is 7.29. The molecule has 0 heterocycles. The first-order valence-electron chi connectivity index (χ1n) is 5.91. The zero-order valence-corrected chi connectivity index (χ0v) is 11.1. The van der Waals surface area contributed by atoms with Gasteiger partial charge in [0.05, 0.1) is 6.61 Å². The van der Waals surface area contributed by atoms with E-state index in [1.54, 1.807) is 0 Å². The van der Waals surface area contributed by atoms with Crippen LogP contribution in [0.4, 0.5) is 0 Å². The van der Waals surface area contributed by atoms with Crippen molar-refractivity contribution in [2.24, 2.45) is 5.73 Å². The van der Waals surface area contributed by atoms with Gasteiger partial charge in [-0.3, -0.25) is 5.41 Å². The Balaban J connectivity index is 2.31. The van der Waals surface area contributed by atoms with Crippen molar-refractivity contribution in [3.05, 3.63) is 29.8 Å². The number of nitrogens with one attached hydrogen (secondary N) is 1. The highest BCUT2D eigenvalue weighted by Gasteiger charge is 1.97. The van der Waals surface area contributed by atoms with Crippen LogP contribution in [0.5, 0.6) is 5.75 Å². The van der Waals surface area contributed by atoms with Gasteiger partial charge >= 0.3 is 0 Å². The predicted molar refractivity (Wildman–Crippen MR) is 74.7 cm³/mol. The van der Waals surface area contributed by atoms with Gasteiger partial charge in [0.1, 0.15) is 5.75 Å². The van der Waals surface area contributed by atoms with Gasteiger partial charge in [0, 0.05) is 5.75 Å². The minimum absolute atomic E-state index is 0.157. The van der Waals surface area contributed by atoms with Crippen molar-refractivity contribution in [3.63, 3.8) is 0 Å². The molecule has 0 aliphatic rings. The second-order valence-electron chi connectivity index (χ2n) is 3.85. The summed E-state index contributed by atoms with van der Waals surface area (Å²) in [6.45, 7) is 2.97. The van der Waals surface area contributed by atoms with Crippen LogP contribution in [-0.2, 0) is 5.75 Å². The minimum atomic E-state index is 0.157. The topological polar surface area (TPSA) is 59.1 Å². The lowest BCUT2D eigenvalue weighted by molar-refractivity contribution is 0.306. The molecule has 0 fully saturated rings. The Morgan fingerprint density at radius 2 is 2.00 bits per heavy atom. The number of unbranched alkanes of at least 4 members (excludes halogenated alkanes) is 2. The fourth-order valence-electron chi connectivity index (χ4n) is 1.39. The Morgan fingerprint density at radius 1 is 1.29 bits per heavy atom. The lowest BCUT2D eigenvalue weighted by atomic mass is 10.2. The van der Waals surface area contributed by atoms with Crippen molar-refractivity contribution >= 4 is 16.9 Å². The zero-order valence-electron chi connectivity index (χ0n) is 10.2. The molecule has 0 bridgehead atoms. The number of amidine groups is 1. The van der Waals surface area contributed by atoms with Crippen molar-refractivity contribution in [3.8, 4) is 5.75 Å². The normalized spacial score (nSPS) is 10.2. The third kappa shape index (κ3) is 6.22. The molecule has 1 rings (SSSR count). The number of hydrogen-bond acceptors (Lipinski definition) is 3. The summed E-state index contributed by atoms with van der Waals surface area (Å²) in [6.07, 6.45) is 3.54. The maximum atomic E-state index is 7.13. The van der Waals surface area contributed by atoms with Gasteiger partial charge < -0.3 is 10.5 Å². The second-order valence-corrected chi connectivity index (χ2v) is 4.87. The van der Waals surface area contributed by atoms with Crippen LogP contribution >= 0.6 is 11.8 Å². The monoisotopic (exact) mass is 252 g/mol. The van der Waals surface area contributed by atoms with Crippen LogP contribution in [0.25, 0.3) is 0 Å². The molecule has 4 heteroatoms. The van der Waals surface area contributed by atoms with E-state index in [2.05, 4.69) is 6.92 Å². The van der Waals surface area contributed by atoms with E-state index in [0.717, 1.165) is 30.1 Å². The van der Waals surface area contributed by atoms with Crippen LogP contribution in [0.1, 0.15) is 31.7 Å². The number of thioether (sulfide) groups is 1. The molecule has 3 nitrogen and oxygen atoms in total. The molecule has 17 heavy (non-hydrogen) atoms. The first-order chi connectivity index (χ1) is 8.22.